The van der Waals surface area contributed by atoms with Gasteiger partial charge in [-0.15, -0.1) is 11.8 Å². The van der Waals surface area contributed by atoms with E-state index in [0.29, 0.717) is 11.4 Å². The maximum Gasteiger partial charge on any atom is 0.416 e. The second-order valence-corrected chi connectivity index (χ2v) is 11.1. The molecule has 7 nitrogen and oxygen atoms in total. The fourth-order valence-corrected chi connectivity index (χ4v) is 5.32. The number of hydrogen-bond acceptors (Lipinski definition) is 5. The number of thioether (sulfide) groups is 1. The maximum absolute atomic E-state index is 13.1. The number of benzene rings is 4. The minimum absolute atomic E-state index is 0.177. The Morgan fingerprint density at radius 1 is 0.825 bits per heavy atom. The summed E-state index contributed by atoms with van der Waals surface area (Å²) < 4.78 is 78.5. The number of alkyl halides is 3. The molecule has 4 aromatic rings. The number of hydrogen-bond donors (Lipinski definition) is 4. The summed E-state index contributed by atoms with van der Waals surface area (Å²) in [6.07, 6.45) is -4.38. The van der Waals surface area contributed by atoms with Crippen LogP contribution in [0.5, 0.6) is 5.75 Å². The Bertz CT molecular complexity index is 1600. The van der Waals surface area contributed by atoms with Crippen LogP contribution in [0.15, 0.2) is 101 Å². The van der Waals surface area contributed by atoms with E-state index in [9.17, 15) is 35.9 Å². The Morgan fingerprint density at radius 3 is 2.05 bits per heavy atom. The van der Waals surface area contributed by atoms with Crippen LogP contribution in [0.1, 0.15) is 11.1 Å². The number of phenols is 1. The highest BCUT2D eigenvalue weighted by Gasteiger charge is 2.29. The van der Waals surface area contributed by atoms with E-state index in [1.807, 2.05) is 0 Å². The van der Waals surface area contributed by atoms with E-state index >= 15 is 0 Å². The number of anilines is 3. The highest BCUT2D eigenvalue weighted by molar-refractivity contribution is 7.98. The molecule has 13 heteroatoms. The van der Waals surface area contributed by atoms with Crippen LogP contribution in [0.2, 0.25) is 0 Å². The Labute approximate surface area is 231 Å². The van der Waals surface area contributed by atoms with Crippen molar-refractivity contribution in [2.24, 2.45) is 0 Å². The molecular formula is C27H21F4N3O4S2. The van der Waals surface area contributed by atoms with Crippen molar-refractivity contribution in [2.45, 2.75) is 21.7 Å². The first-order valence-corrected chi connectivity index (χ1v) is 13.9. The van der Waals surface area contributed by atoms with Gasteiger partial charge >= 0.3 is 12.2 Å². The summed E-state index contributed by atoms with van der Waals surface area (Å²) in [5.41, 5.74) is 0.456. The van der Waals surface area contributed by atoms with E-state index in [0.717, 1.165) is 46.9 Å². The van der Waals surface area contributed by atoms with Crippen molar-refractivity contribution >= 4 is 44.9 Å². The lowest BCUT2D eigenvalue weighted by Gasteiger charge is -2.13. The number of carbonyl (C=O) groups is 1. The van der Waals surface area contributed by atoms with Crippen molar-refractivity contribution in [1.29, 1.82) is 0 Å². The molecular weight excluding hydrogens is 570 g/mol. The fourth-order valence-electron chi connectivity index (χ4n) is 3.40. The number of amides is 2. The third-order valence-electron chi connectivity index (χ3n) is 5.42. The molecule has 208 valence electrons. The monoisotopic (exact) mass is 591 g/mol. The van der Waals surface area contributed by atoms with Crippen molar-refractivity contribution in [2.75, 3.05) is 15.4 Å². The van der Waals surface area contributed by atoms with Crippen molar-refractivity contribution < 1.29 is 35.9 Å². The van der Waals surface area contributed by atoms with Crippen LogP contribution >= 0.6 is 11.8 Å². The number of carbonyl (C=O) groups excluding carboxylic acids is 1. The lowest BCUT2D eigenvalue weighted by molar-refractivity contribution is -0.137. The van der Waals surface area contributed by atoms with Gasteiger partial charge in [0.1, 0.15) is 11.6 Å². The van der Waals surface area contributed by atoms with Gasteiger partial charge in [-0.3, -0.25) is 4.72 Å². The normalized spacial score (nSPS) is 11.6. The average molecular weight is 592 g/mol. The van der Waals surface area contributed by atoms with Crippen LogP contribution in [-0.4, -0.2) is 19.6 Å². The lowest BCUT2D eigenvalue weighted by Crippen LogP contribution is -2.19. The summed E-state index contributed by atoms with van der Waals surface area (Å²) in [6.45, 7) is 0. The predicted octanol–water partition coefficient (Wildman–Crippen LogP) is 7.29. The Kier molecular flexibility index (Phi) is 8.55. The molecule has 40 heavy (non-hydrogen) atoms. The summed E-state index contributed by atoms with van der Waals surface area (Å²) in [5, 5.41) is 15.2. The molecule has 0 spiro atoms. The third-order valence-corrected chi connectivity index (χ3v) is 7.89. The number of aromatic hydroxyl groups is 1. The summed E-state index contributed by atoms with van der Waals surface area (Å²) in [4.78, 5) is 13.1. The van der Waals surface area contributed by atoms with Crippen molar-refractivity contribution in [3.8, 4) is 5.75 Å². The SMILES string of the molecule is O=C(Nc1ccc(SCc2ccc(C(F)(F)F)cc2)cc1)Nc1ccc(O)c(NS(=O)(=O)c2ccc(F)cc2)c1. The highest BCUT2D eigenvalue weighted by atomic mass is 32.2. The number of rotatable bonds is 8. The van der Waals surface area contributed by atoms with Gasteiger partial charge in [0.2, 0.25) is 0 Å². The van der Waals surface area contributed by atoms with E-state index < -0.39 is 33.6 Å². The largest absolute Gasteiger partial charge is 0.506 e. The molecule has 4 rings (SSSR count). The number of urea groups is 1. The van der Waals surface area contributed by atoms with Gasteiger partial charge < -0.3 is 15.7 Å². The second-order valence-electron chi connectivity index (χ2n) is 8.38. The average Bonchev–Trinajstić information content (AvgIpc) is 2.90. The van der Waals surface area contributed by atoms with Crippen molar-refractivity contribution in [1.82, 2.24) is 0 Å². The van der Waals surface area contributed by atoms with E-state index in [1.165, 1.54) is 42.1 Å². The molecule has 0 heterocycles. The number of halogens is 4. The van der Waals surface area contributed by atoms with Crippen molar-refractivity contribution in [3.63, 3.8) is 0 Å². The van der Waals surface area contributed by atoms with E-state index in [-0.39, 0.29) is 22.0 Å². The van der Waals surface area contributed by atoms with E-state index in [4.69, 9.17) is 0 Å². The summed E-state index contributed by atoms with van der Waals surface area (Å²) >= 11 is 1.42. The van der Waals surface area contributed by atoms with Gasteiger partial charge in [0.15, 0.2) is 0 Å². The molecule has 0 aliphatic heterocycles. The summed E-state index contributed by atoms with van der Waals surface area (Å²) in [6, 6.07) is 19.0. The molecule has 0 saturated carbocycles. The van der Waals surface area contributed by atoms with Crippen molar-refractivity contribution in [3.05, 3.63) is 108 Å². The van der Waals surface area contributed by atoms with Crippen LogP contribution in [0.4, 0.5) is 39.4 Å². The molecule has 0 radical (unpaired) electrons. The molecule has 0 atom stereocenters. The van der Waals surface area contributed by atoms with Gasteiger partial charge in [0, 0.05) is 22.0 Å². The van der Waals surface area contributed by atoms with Gasteiger partial charge in [-0.1, -0.05) is 12.1 Å². The van der Waals surface area contributed by atoms with Crippen LogP contribution in [0.3, 0.4) is 0 Å². The zero-order valence-electron chi connectivity index (χ0n) is 20.4. The van der Waals surface area contributed by atoms with Gasteiger partial charge in [-0.2, -0.15) is 13.2 Å². The standard InChI is InChI=1S/C27H21F4N3O4S2/c28-19-5-12-23(13-6-19)40(37,38)34-24-15-21(9-14-25(24)35)33-26(36)32-20-7-10-22(11-8-20)39-16-17-1-3-18(4-2-17)27(29,30)31/h1-15,34-35H,16H2,(H2,32,33,36). The molecule has 0 fully saturated rings. The zero-order chi connectivity index (χ0) is 28.9. The Hall–Kier alpha value is -4.23. The smallest absolute Gasteiger partial charge is 0.416 e. The minimum atomic E-state index is -4.38. The quantitative estimate of drug-likeness (QED) is 0.0745. The first kappa shape index (κ1) is 28.8. The fraction of sp³-hybridized carbons (Fsp3) is 0.0741. The first-order chi connectivity index (χ1) is 18.9. The minimum Gasteiger partial charge on any atom is -0.506 e. The van der Waals surface area contributed by atoms with Crippen LogP contribution < -0.4 is 15.4 Å². The molecule has 0 bridgehead atoms. The summed E-state index contributed by atoms with van der Waals surface area (Å²) in [7, 11) is -4.13. The predicted molar refractivity (Wildman–Crippen MR) is 145 cm³/mol. The van der Waals surface area contributed by atoms with Crippen LogP contribution in [0, 0.1) is 5.82 Å². The molecule has 2 amide bonds. The van der Waals surface area contributed by atoms with Gasteiger partial charge in [-0.25, -0.2) is 17.6 Å². The highest BCUT2D eigenvalue weighted by Crippen LogP contribution is 2.31. The zero-order valence-corrected chi connectivity index (χ0v) is 22.0. The molecule has 4 N–H and O–H groups in total. The third kappa shape index (κ3) is 7.67. The van der Waals surface area contributed by atoms with E-state index in [2.05, 4.69) is 15.4 Å². The molecule has 4 aromatic carbocycles. The molecule has 0 unspecified atom stereocenters. The van der Waals surface area contributed by atoms with Gasteiger partial charge in [0.05, 0.1) is 16.1 Å². The Balaban J connectivity index is 1.33. The Morgan fingerprint density at radius 2 is 1.43 bits per heavy atom. The molecule has 0 aliphatic carbocycles. The molecule has 0 saturated heterocycles. The van der Waals surface area contributed by atoms with Gasteiger partial charge in [0.25, 0.3) is 10.0 Å². The maximum atomic E-state index is 13.1. The topological polar surface area (TPSA) is 108 Å². The van der Waals surface area contributed by atoms with Crippen LogP contribution in [0.25, 0.3) is 0 Å². The molecule has 0 aromatic heterocycles. The van der Waals surface area contributed by atoms with Crippen LogP contribution in [-0.2, 0) is 22.0 Å². The van der Waals surface area contributed by atoms with E-state index in [1.54, 1.807) is 24.3 Å². The second kappa shape index (κ2) is 11.9. The number of phenolic OH excluding ortho intramolecular Hbond substituents is 1. The summed E-state index contributed by atoms with van der Waals surface area (Å²) in [5.74, 6) is -0.536. The molecule has 0 aliphatic rings. The lowest BCUT2D eigenvalue weighted by atomic mass is 10.1. The number of nitrogens with one attached hydrogen (secondary N) is 3. The first-order valence-electron chi connectivity index (χ1n) is 11.5. The number of sulfonamides is 1. The van der Waals surface area contributed by atoms with Gasteiger partial charge in [-0.05, 0) is 84.4 Å².